The second-order valence-corrected chi connectivity index (χ2v) is 9.74. The molecule has 0 aliphatic carbocycles. The summed E-state index contributed by atoms with van der Waals surface area (Å²) in [6, 6.07) is 12.6. The molecule has 1 aromatic carbocycles. The van der Waals surface area contributed by atoms with Gasteiger partial charge in [-0.25, -0.2) is 14.6 Å². The zero-order valence-corrected chi connectivity index (χ0v) is 20.5. The highest BCUT2D eigenvalue weighted by molar-refractivity contribution is 6.19. The van der Waals surface area contributed by atoms with Crippen LogP contribution in [-0.2, 0) is 34.7 Å². The lowest BCUT2D eigenvalue weighted by Gasteiger charge is -2.31. The van der Waals surface area contributed by atoms with Gasteiger partial charge in [-0.15, -0.1) is 0 Å². The molecule has 1 unspecified atom stereocenters. The molecule has 0 bridgehead atoms. The fraction of sp³-hybridized carbons (Fsp3) is 0.250. The third-order valence-electron chi connectivity index (χ3n) is 7.76. The minimum absolute atomic E-state index is 0.0653. The molecule has 2 amide bonds. The van der Waals surface area contributed by atoms with Crippen LogP contribution < -0.4 is 15.8 Å². The first kappa shape index (κ1) is 22.6. The Hall–Kier alpha value is -4.57. The standard InChI is InChI=1S/C28H23N5O5/c1-2-28(37)18-12-21-23-16(13-33(21)25(34)17(18)14-38-26(28)35)24-22-19(30-23)7-5-8-20(22)31-27(36)32(24)11-9-15-6-3-4-10-29-15/h3-8,10,12,37H,2,9,11,13-14H2,1H3,(H,31,36). The van der Waals surface area contributed by atoms with E-state index in [0.29, 0.717) is 41.2 Å². The van der Waals surface area contributed by atoms with Crippen molar-refractivity contribution in [1.29, 1.82) is 0 Å². The van der Waals surface area contributed by atoms with Crippen LogP contribution in [-0.4, -0.2) is 38.2 Å². The number of amides is 2. The molecular formula is C28H23N5O5. The minimum Gasteiger partial charge on any atom is -0.458 e. The van der Waals surface area contributed by atoms with Crippen LogP contribution in [0.1, 0.15) is 35.7 Å². The van der Waals surface area contributed by atoms with Gasteiger partial charge < -0.3 is 19.7 Å². The first-order valence-electron chi connectivity index (χ1n) is 12.5. The fourth-order valence-electron chi connectivity index (χ4n) is 5.78. The van der Waals surface area contributed by atoms with Gasteiger partial charge in [0.25, 0.3) is 5.56 Å². The number of nitrogens with zero attached hydrogens (tertiary/aromatic N) is 4. The molecule has 190 valence electrons. The Morgan fingerprint density at radius 2 is 2.00 bits per heavy atom. The molecule has 38 heavy (non-hydrogen) atoms. The number of hydrogen-bond acceptors (Lipinski definition) is 7. The average molecular weight is 510 g/mol. The summed E-state index contributed by atoms with van der Waals surface area (Å²) in [6.07, 6.45) is 2.33. The molecule has 0 saturated heterocycles. The Bertz CT molecular complexity index is 1750. The van der Waals surface area contributed by atoms with E-state index in [9.17, 15) is 19.5 Å². The number of carbonyl (C=O) groups is 2. The van der Waals surface area contributed by atoms with Crippen LogP contribution in [0.2, 0.25) is 0 Å². The molecular weight excluding hydrogens is 486 g/mol. The number of rotatable bonds is 4. The van der Waals surface area contributed by atoms with Crippen molar-refractivity contribution >= 4 is 34.3 Å². The highest BCUT2D eigenvalue weighted by Gasteiger charge is 2.46. The van der Waals surface area contributed by atoms with E-state index in [2.05, 4.69) is 10.3 Å². The number of esters is 1. The van der Waals surface area contributed by atoms with Crippen LogP contribution in [0.3, 0.4) is 0 Å². The number of cyclic esters (lactones) is 1. The second-order valence-electron chi connectivity index (χ2n) is 9.74. The molecule has 0 fully saturated rings. The quantitative estimate of drug-likeness (QED) is 0.357. The van der Waals surface area contributed by atoms with Crippen LogP contribution in [0.15, 0.2) is 53.5 Å². The summed E-state index contributed by atoms with van der Waals surface area (Å²) < 4.78 is 6.77. The van der Waals surface area contributed by atoms with Gasteiger partial charge in [-0.05, 0) is 36.8 Å². The molecule has 1 atom stereocenters. The van der Waals surface area contributed by atoms with Crippen molar-refractivity contribution in [3.05, 3.63) is 81.4 Å². The summed E-state index contributed by atoms with van der Waals surface area (Å²) in [5.74, 6) is -0.765. The summed E-state index contributed by atoms with van der Waals surface area (Å²) in [7, 11) is 0. The largest absolute Gasteiger partial charge is 0.458 e. The highest BCUT2D eigenvalue weighted by Crippen LogP contribution is 2.46. The monoisotopic (exact) mass is 509 g/mol. The Morgan fingerprint density at radius 3 is 2.79 bits per heavy atom. The molecule has 0 spiro atoms. The van der Waals surface area contributed by atoms with Crippen LogP contribution in [0, 0.1) is 0 Å². The molecule has 6 heterocycles. The minimum atomic E-state index is -1.90. The summed E-state index contributed by atoms with van der Waals surface area (Å²) in [5.41, 5.74) is 2.97. The molecule has 10 nitrogen and oxygen atoms in total. The van der Waals surface area contributed by atoms with Crippen LogP contribution in [0.25, 0.3) is 22.3 Å². The third-order valence-corrected chi connectivity index (χ3v) is 7.76. The molecule has 4 aromatic rings. The first-order valence-corrected chi connectivity index (χ1v) is 12.5. The van der Waals surface area contributed by atoms with Gasteiger partial charge in [0.05, 0.1) is 40.4 Å². The maximum atomic E-state index is 13.6. The normalized spacial score (nSPS) is 19.1. The number of carbonyl (C=O) groups excluding carboxylic acids is 2. The van der Waals surface area contributed by atoms with Gasteiger partial charge in [-0.2, -0.15) is 0 Å². The number of urea groups is 1. The smallest absolute Gasteiger partial charge is 0.343 e. The number of ether oxygens (including phenoxy) is 1. The number of pyridine rings is 3. The van der Waals surface area contributed by atoms with Gasteiger partial charge >= 0.3 is 12.0 Å². The van der Waals surface area contributed by atoms with Crippen molar-refractivity contribution in [1.82, 2.24) is 14.5 Å². The summed E-state index contributed by atoms with van der Waals surface area (Å²) in [6.45, 7) is 2.05. The van der Waals surface area contributed by atoms with E-state index in [1.165, 1.54) is 0 Å². The molecule has 3 aliphatic rings. The van der Waals surface area contributed by atoms with Crippen molar-refractivity contribution in [2.75, 3.05) is 16.8 Å². The van der Waals surface area contributed by atoms with Crippen LogP contribution in [0.5, 0.6) is 0 Å². The van der Waals surface area contributed by atoms with E-state index in [0.717, 1.165) is 16.6 Å². The molecule has 2 N–H and O–H groups in total. The van der Waals surface area contributed by atoms with E-state index < -0.39 is 11.6 Å². The predicted octanol–water partition coefficient (Wildman–Crippen LogP) is 3.07. The Morgan fingerprint density at radius 1 is 1.13 bits per heavy atom. The lowest BCUT2D eigenvalue weighted by Crippen LogP contribution is -2.44. The second kappa shape index (κ2) is 7.96. The zero-order chi connectivity index (χ0) is 26.2. The van der Waals surface area contributed by atoms with E-state index in [1.54, 1.807) is 28.7 Å². The molecule has 0 saturated carbocycles. The van der Waals surface area contributed by atoms with Crippen LogP contribution in [0.4, 0.5) is 16.2 Å². The van der Waals surface area contributed by atoms with E-state index >= 15 is 0 Å². The van der Waals surface area contributed by atoms with Crippen molar-refractivity contribution in [3.63, 3.8) is 0 Å². The predicted molar refractivity (Wildman–Crippen MR) is 139 cm³/mol. The van der Waals surface area contributed by atoms with E-state index in [4.69, 9.17) is 9.72 Å². The molecule has 3 aliphatic heterocycles. The lowest BCUT2D eigenvalue weighted by molar-refractivity contribution is -0.172. The molecule has 0 radical (unpaired) electrons. The number of hydrogen-bond donors (Lipinski definition) is 2. The van der Waals surface area contributed by atoms with Crippen LogP contribution >= 0.6 is 0 Å². The topological polar surface area (TPSA) is 127 Å². The number of benzene rings is 1. The van der Waals surface area contributed by atoms with E-state index in [1.807, 2.05) is 36.4 Å². The molecule has 7 rings (SSSR count). The number of anilines is 2. The Labute approximate surface area is 216 Å². The SMILES string of the molecule is CCC1(O)C(=O)OCc2c1cc1n(c2=O)Cc2c-1nc1cccc3c1c2N(CCc1ccccn1)C(=O)N3. The number of nitrogens with one attached hydrogen (secondary N) is 1. The van der Waals surface area contributed by atoms with Gasteiger partial charge in [-0.3, -0.25) is 14.7 Å². The molecule has 10 heteroatoms. The van der Waals surface area contributed by atoms with Gasteiger partial charge in [0.1, 0.15) is 6.61 Å². The van der Waals surface area contributed by atoms with E-state index in [-0.39, 0.29) is 42.3 Å². The first-order chi connectivity index (χ1) is 18.4. The Kier molecular flexibility index (Phi) is 4.74. The van der Waals surface area contributed by atoms with Gasteiger partial charge in [-0.1, -0.05) is 19.1 Å². The molecule has 3 aromatic heterocycles. The number of aromatic nitrogens is 3. The fourth-order valence-corrected chi connectivity index (χ4v) is 5.78. The maximum absolute atomic E-state index is 13.6. The highest BCUT2D eigenvalue weighted by atomic mass is 16.6. The summed E-state index contributed by atoms with van der Waals surface area (Å²) >= 11 is 0. The van der Waals surface area contributed by atoms with Gasteiger partial charge in [0.15, 0.2) is 5.60 Å². The van der Waals surface area contributed by atoms with Gasteiger partial charge in [0, 0.05) is 41.4 Å². The van der Waals surface area contributed by atoms with Crippen molar-refractivity contribution in [3.8, 4) is 11.4 Å². The lowest BCUT2D eigenvalue weighted by atomic mass is 9.86. The average Bonchev–Trinajstić information content (AvgIpc) is 3.30. The zero-order valence-electron chi connectivity index (χ0n) is 20.5. The maximum Gasteiger partial charge on any atom is 0.343 e. The number of aliphatic hydroxyl groups is 1. The summed E-state index contributed by atoms with van der Waals surface area (Å²) in [5, 5.41) is 14.9. The van der Waals surface area contributed by atoms with Crippen molar-refractivity contribution in [2.45, 2.75) is 38.5 Å². The van der Waals surface area contributed by atoms with Crippen molar-refractivity contribution < 1.29 is 19.4 Å². The van der Waals surface area contributed by atoms with Crippen molar-refractivity contribution in [2.24, 2.45) is 0 Å². The third kappa shape index (κ3) is 3.00. The van der Waals surface area contributed by atoms with Gasteiger partial charge in [0.2, 0.25) is 0 Å². The summed E-state index contributed by atoms with van der Waals surface area (Å²) in [4.78, 5) is 50.5. The Balaban J connectivity index is 1.44. The number of fused-ring (bicyclic) bond motifs is 5.